The highest BCUT2D eigenvalue weighted by molar-refractivity contribution is 5.95. The molecule has 0 bridgehead atoms. The van der Waals surface area contributed by atoms with Crippen LogP contribution in [-0.2, 0) is 11.3 Å². The van der Waals surface area contributed by atoms with Crippen molar-refractivity contribution in [2.75, 3.05) is 39.5 Å². The molecule has 2 aliphatic heterocycles. The van der Waals surface area contributed by atoms with Gasteiger partial charge in [-0.2, -0.15) is 0 Å². The summed E-state index contributed by atoms with van der Waals surface area (Å²) in [6.07, 6.45) is 2.45. The standard InChI is InChI=1S/C23H30N2O5/c1-16(2)22(17-4-5-19-20(14-17)29-10-3-9-28-19)24-23(26)18-6-11-30-21(18)15-25-7-12-27-13-8-25/h4-6,11,14,16,22H,3,7-10,12-13,15H2,1-2H3,(H,24,26)/t22-/m1/s1. The lowest BCUT2D eigenvalue weighted by atomic mass is 9.95. The van der Waals surface area contributed by atoms with Gasteiger partial charge < -0.3 is 23.9 Å². The van der Waals surface area contributed by atoms with Crippen LogP contribution in [0, 0.1) is 5.92 Å². The number of nitrogens with zero attached hydrogens (tertiary/aromatic N) is 1. The van der Waals surface area contributed by atoms with Crippen molar-refractivity contribution < 1.29 is 23.4 Å². The number of nitrogens with one attached hydrogen (secondary N) is 1. The molecular weight excluding hydrogens is 384 g/mol. The van der Waals surface area contributed by atoms with Crippen molar-refractivity contribution in [2.24, 2.45) is 5.92 Å². The lowest BCUT2D eigenvalue weighted by Gasteiger charge is -2.26. The minimum absolute atomic E-state index is 0.127. The van der Waals surface area contributed by atoms with E-state index in [0.29, 0.717) is 44.3 Å². The maximum atomic E-state index is 13.1. The molecule has 0 unspecified atom stereocenters. The number of fused-ring (bicyclic) bond motifs is 1. The first-order valence-electron chi connectivity index (χ1n) is 10.7. The third-order valence-electron chi connectivity index (χ3n) is 5.54. The van der Waals surface area contributed by atoms with E-state index < -0.39 is 0 Å². The molecule has 1 fully saturated rings. The summed E-state index contributed by atoms with van der Waals surface area (Å²) >= 11 is 0. The molecule has 30 heavy (non-hydrogen) atoms. The first-order chi connectivity index (χ1) is 14.6. The SMILES string of the molecule is CC(C)[C@@H](NC(=O)c1ccoc1CN1CCOCC1)c1ccc2c(c1)OCCCO2. The highest BCUT2D eigenvalue weighted by Crippen LogP contribution is 2.34. The number of hydrogen-bond acceptors (Lipinski definition) is 6. The van der Waals surface area contributed by atoms with E-state index in [1.54, 1.807) is 12.3 Å². The summed E-state index contributed by atoms with van der Waals surface area (Å²) in [5.74, 6) is 2.26. The highest BCUT2D eigenvalue weighted by Gasteiger charge is 2.25. The molecule has 2 aromatic rings. The molecular formula is C23H30N2O5. The van der Waals surface area contributed by atoms with Gasteiger partial charge in [0.2, 0.25) is 0 Å². The zero-order valence-electron chi connectivity index (χ0n) is 17.7. The van der Waals surface area contributed by atoms with Gasteiger partial charge in [0.25, 0.3) is 5.91 Å². The molecule has 0 radical (unpaired) electrons. The third kappa shape index (κ3) is 4.79. The minimum Gasteiger partial charge on any atom is -0.490 e. The number of carbonyl (C=O) groups is 1. The van der Waals surface area contributed by atoms with E-state index in [-0.39, 0.29) is 17.9 Å². The van der Waals surface area contributed by atoms with Crippen LogP contribution >= 0.6 is 0 Å². The molecule has 0 aliphatic carbocycles. The largest absolute Gasteiger partial charge is 0.490 e. The maximum Gasteiger partial charge on any atom is 0.255 e. The van der Waals surface area contributed by atoms with E-state index in [9.17, 15) is 4.79 Å². The summed E-state index contributed by atoms with van der Waals surface area (Å²) in [7, 11) is 0. The van der Waals surface area contributed by atoms with Crippen LogP contribution in [-0.4, -0.2) is 50.3 Å². The van der Waals surface area contributed by atoms with Crippen LogP contribution in [0.15, 0.2) is 34.9 Å². The Kier molecular flexibility index (Phi) is 6.59. The number of amides is 1. The van der Waals surface area contributed by atoms with E-state index >= 15 is 0 Å². The molecule has 7 heteroatoms. The Morgan fingerprint density at radius 3 is 2.60 bits per heavy atom. The summed E-state index contributed by atoms with van der Waals surface area (Å²) in [6, 6.07) is 7.51. The average Bonchev–Trinajstić information content (AvgIpc) is 3.08. The smallest absolute Gasteiger partial charge is 0.255 e. The van der Waals surface area contributed by atoms with E-state index in [1.165, 1.54) is 0 Å². The van der Waals surface area contributed by atoms with Gasteiger partial charge in [0.05, 0.1) is 50.8 Å². The Hall–Kier alpha value is -2.51. The Morgan fingerprint density at radius 1 is 1.07 bits per heavy atom. The molecule has 1 atom stereocenters. The fourth-order valence-electron chi connectivity index (χ4n) is 3.85. The van der Waals surface area contributed by atoms with Crippen molar-refractivity contribution >= 4 is 5.91 Å². The summed E-state index contributed by atoms with van der Waals surface area (Å²) in [5, 5.41) is 3.20. The number of rotatable bonds is 6. The predicted molar refractivity (Wildman–Crippen MR) is 112 cm³/mol. The summed E-state index contributed by atoms with van der Waals surface area (Å²) in [5.41, 5.74) is 1.59. The molecule has 2 aliphatic rings. The van der Waals surface area contributed by atoms with E-state index in [1.807, 2.05) is 18.2 Å². The van der Waals surface area contributed by atoms with E-state index in [0.717, 1.165) is 36.6 Å². The van der Waals surface area contributed by atoms with Crippen molar-refractivity contribution in [3.8, 4) is 11.5 Å². The molecule has 1 N–H and O–H groups in total. The van der Waals surface area contributed by atoms with Crippen LogP contribution in [0.3, 0.4) is 0 Å². The number of furan rings is 1. The number of morpholine rings is 1. The number of hydrogen-bond donors (Lipinski definition) is 1. The van der Waals surface area contributed by atoms with Gasteiger partial charge in [0.15, 0.2) is 11.5 Å². The fraction of sp³-hybridized carbons (Fsp3) is 0.522. The Balaban J connectivity index is 1.49. The van der Waals surface area contributed by atoms with Crippen LogP contribution in [0.1, 0.15) is 48.0 Å². The van der Waals surface area contributed by atoms with Gasteiger partial charge in [0, 0.05) is 19.5 Å². The molecule has 162 valence electrons. The first-order valence-corrected chi connectivity index (χ1v) is 10.7. The van der Waals surface area contributed by atoms with Gasteiger partial charge in [-0.25, -0.2) is 0 Å². The van der Waals surface area contributed by atoms with E-state index in [4.69, 9.17) is 18.6 Å². The lowest BCUT2D eigenvalue weighted by Crippen LogP contribution is -2.36. The number of benzene rings is 1. The average molecular weight is 415 g/mol. The molecule has 1 saturated heterocycles. The van der Waals surface area contributed by atoms with Crippen LogP contribution in [0.25, 0.3) is 0 Å². The molecule has 0 spiro atoms. The second-order valence-corrected chi connectivity index (χ2v) is 8.10. The van der Waals surface area contributed by atoms with Crippen molar-refractivity contribution in [3.05, 3.63) is 47.4 Å². The Bertz CT molecular complexity index is 857. The number of carbonyl (C=O) groups excluding carboxylic acids is 1. The second-order valence-electron chi connectivity index (χ2n) is 8.10. The van der Waals surface area contributed by atoms with Crippen LogP contribution < -0.4 is 14.8 Å². The van der Waals surface area contributed by atoms with Gasteiger partial charge in [-0.1, -0.05) is 19.9 Å². The van der Waals surface area contributed by atoms with Gasteiger partial charge in [0.1, 0.15) is 5.76 Å². The molecule has 4 rings (SSSR count). The summed E-state index contributed by atoms with van der Waals surface area (Å²) in [6.45, 7) is 9.19. The van der Waals surface area contributed by atoms with Crippen molar-refractivity contribution in [1.29, 1.82) is 0 Å². The van der Waals surface area contributed by atoms with Crippen molar-refractivity contribution in [2.45, 2.75) is 32.9 Å². The molecule has 1 amide bonds. The predicted octanol–water partition coefficient (Wildman–Crippen LogP) is 3.40. The van der Waals surface area contributed by atoms with Crippen LogP contribution in [0.2, 0.25) is 0 Å². The van der Waals surface area contributed by atoms with Gasteiger partial charge in [-0.3, -0.25) is 9.69 Å². The van der Waals surface area contributed by atoms with E-state index in [2.05, 4.69) is 24.1 Å². The molecule has 0 saturated carbocycles. The van der Waals surface area contributed by atoms with Crippen LogP contribution in [0.5, 0.6) is 11.5 Å². The zero-order valence-corrected chi connectivity index (χ0v) is 17.7. The van der Waals surface area contributed by atoms with Gasteiger partial charge in [-0.15, -0.1) is 0 Å². The van der Waals surface area contributed by atoms with Gasteiger partial charge in [-0.05, 0) is 29.7 Å². The minimum atomic E-state index is -0.152. The van der Waals surface area contributed by atoms with Crippen molar-refractivity contribution in [3.63, 3.8) is 0 Å². The van der Waals surface area contributed by atoms with Gasteiger partial charge >= 0.3 is 0 Å². The number of ether oxygens (including phenoxy) is 3. The molecule has 1 aromatic carbocycles. The molecule has 1 aromatic heterocycles. The molecule has 7 nitrogen and oxygen atoms in total. The normalized spacial score (nSPS) is 18.1. The summed E-state index contributed by atoms with van der Waals surface area (Å²) in [4.78, 5) is 15.4. The second kappa shape index (κ2) is 9.53. The summed E-state index contributed by atoms with van der Waals surface area (Å²) < 4.78 is 22.6. The fourth-order valence-corrected chi connectivity index (χ4v) is 3.85. The quantitative estimate of drug-likeness (QED) is 0.781. The topological polar surface area (TPSA) is 73.2 Å². The monoisotopic (exact) mass is 414 g/mol. The van der Waals surface area contributed by atoms with Crippen molar-refractivity contribution in [1.82, 2.24) is 10.2 Å². The first kappa shape index (κ1) is 20.8. The third-order valence-corrected chi connectivity index (χ3v) is 5.54. The zero-order chi connectivity index (χ0) is 20.9. The molecule has 3 heterocycles. The Morgan fingerprint density at radius 2 is 1.83 bits per heavy atom. The Labute approximate surface area is 177 Å². The highest BCUT2D eigenvalue weighted by atomic mass is 16.5. The maximum absolute atomic E-state index is 13.1. The van der Waals surface area contributed by atoms with Crippen LogP contribution in [0.4, 0.5) is 0 Å². The lowest BCUT2D eigenvalue weighted by molar-refractivity contribution is 0.0311.